The number of nitrogens with zero attached hydrogens (tertiary/aromatic N) is 1. The third kappa shape index (κ3) is 3.18. The molecule has 1 aliphatic rings. The smallest absolute Gasteiger partial charge is 0.315 e. The van der Waals surface area contributed by atoms with Gasteiger partial charge in [-0.1, -0.05) is 78.4 Å². The van der Waals surface area contributed by atoms with Crippen LogP contribution in [0.25, 0.3) is 0 Å². The van der Waals surface area contributed by atoms with Crippen LogP contribution in [0.1, 0.15) is 32.6 Å². The van der Waals surface area contributed by atoms with Gasteiger partial charge in [0.25, 0.3) is 5.91 Å². The number of imide groups is 1. The van der Waals surface area contributed by atoms with Gasteiger partial charge in [-0.15, -0.1) is 0 Å². The fourth-order valence-corrected chi connectivity index (χ4v) is 3.92. The summed E-state index contributed by atoms with van der Waals surface area (Å²) >= 11 is 0. The summed E-state index contributed by atoms with van der Waals surface area (Å²) in [5.41, 5.74) is 2.22. The van der Waals surface area contributed by atoms with Gasteiger partial charge in [0.1, 0.15) is 0 Å². The molecule has 3 aromatic rings. The molecule has 0 saturated carbocycles. The first-order valence-electron chi connectivity index (χ1n) is 9.79. The molecule has 150 valence electrons. The molecule has 0 unspecified atom stereocenters. The van der Waals surface area contributed by atoms with E-state index >= 15 is 0 Å². The monoisotopic (exact) mass is 398 g/mol. The number of ketones is 1. The molecule has 0 radical (unpaired) electrons. The Bertz CT molecular complexity index is 1080. The number of Topliss-reactive ketones (excluding diaryl/α,β-unsaturated/α-hetero) is 1. The summed E-state index contributed by atoms with van der Waals surface area (Å²) in [6, 6.07) is 23.2. The van der Waals surface area contributed by atoms with Crippen molar-refractivity contribution < 1.29 is 14.4 Å². The maximum Gasteiger partial charge on any atom is 0.325 e. The van der Waals surface area contributed by atoms with Crippen LogP contribution in [0.4, 0.5) is 4.79 Å². The predicted octanol–water partition coefficient (Wildman–Crippen LogP) is 3.98. The van der Waals surface area contributed by atoms with Crippen LogP contribution in [-0.2, 0) is 10.3 Å². The lowest BCUT2D eigenvalue weighted by molar-refractivity contribution is -0.129. The molecule has 5 nitrogen and oxygen atoms in total. The van der Waals surface area contributed by atoms with E-state index in [1.165, 1.54) is 0 Å². The van der Waals surface area contributed by atoms with Crippen LogP contribution in [0.15, 0.2) is 78.9 Å². The van der Waals surface area contributed by atoms with Gasteiger partial charge in [-0.2, -0.15) is 0 Å². The van der Waals surface area contributed by atoms with Crippen molar-refractivity contribution in [2.75, 3.05) is 6.54 Å². The van der Waals surface area contributed by atoms with Gasteiger partial charge >= 0.3 is 6.03 Å². The molecule has 1 fully saturated rings. The van der Waals surface area contributed by atoms with Crippen molar-refractivity contribution in [3.63, 3.8) is 0 Å². The third-order valence-corrected chi connectivity index (χ3v) is 5.51. The molecule has 1 N–H and O–H groups in total. The second-order valence-electron chi connectivity index (χ2n) is 7.55. The largest absolute Gasteiger partial charge is 0.325 e. The molecule has 4 rings (SSSR count). The van der Waals surface area contributed by atoms with Crippen LogP contribution in [0, 0.1) is 13.8 Å². The Morgan fingerprint density at radius 3 is 2.00 bits per heavy atom. The van der Waals surface area contributed by atoms with Crippen molar-refractivity contribution in [3.8, 4) is 0 Å². The van der Waals surface area contributed by atoms with E-state index in [1.54, 1.807) is 30.3 Å². The Hall–Kier alpha value is -3.73. The van der Waals surface area contributed by atoms with Crippen LogP contribution in [0.3, 0.4) is 0 Å². The zero-order valence-corrected chi connectivity index (χ0v) is 16.9. The number of carbonyl (C=O) groups is 3. The van der Waals surface area contributed by atoms with Crippen molar-refractivity contribution in [1.82, 2.24) is 10.2 Å². The molecule has 1 heterocycles. The van der Waals surface area contributed by atoms with E-state index < -0.39 is 17.5 Å². The van der Waals surface area contributed by atoms with Crippen molar-refractivity contribution in [1.29, 1.82) is 0 Å². The van der Waals surface area contributed by atoms with Crippen LogP contribution < -0.4 is 5.32 Å². The van der Waals surface area contributed by atoms with Crippen molar-refractivity contribution >= 4 is 17.7 Å². The molecule has 30 heavy (non-hydrogen) atoms. The van der Waals surface area contributed by atoms with E-state index in [1.807, 2.05) is 62.4 Å². The van der Waals surface area contributed by atoms with E-state index in [0.29, 0.717) is 16.7 Å². The van der Waals surface area contributed by atoms with Gasteiger partial charge in [0, 0.05) is 5.56 Å². The Kier molecular flexibility index (Phi) is 4.96. The van der Waals surface area contributed by atoms with Gasteiger partial charge in [0.2, 0.25) is 0 Å². The Balaban J connectivity index is 1.74. The number of urea groups is 1. The third-order valence-electron chi connectivity index (χ3n) is 5.51. The first kappa shape index (κ1) is 19.6. The number of aryl methyl sites for hydroxylation is 2. The summed E-state index contributed by atoms with van der Waals surface area (Å²) in [7, 11) is 0. The van der Waals surface area contributed by atoms with E-state index in [-0.39, 0.29) is 12.3 Å². The van der Waals surface area contributed by atoms with E-state index in [0.717, 1.165) is 16.0 Å². The topological polar surface area (TPSA) is 66.5 Å². The highest BCUT2D eigenvalue weighted by Gasteiger charge is 2.54. The Morgan fingerprint density at radius 1 is 0.867 bits per heavy atom. The number of benzene rings is 3. The summed E-state index contributed by atoms with van der Waals surface area (Å²) in [6.07, 6.45) is 0. The maximum atomic E-state index is 13.6. The molecular formula is C25H22N2O3. The van der Waals surface area contributed by atoms with Crippen LogP contribution in [0.5, 0.6) is 0 Å². The minimum absolute atomic E-state index is 0.267. The lowest BCUT2D eigenvalue weighted by atomic mass is 9.82. The van der Waals surface area contributed by atoms with Gasteiger partial charge in [0.05, 0.1) is 6.54 Å². The van der Waals surface area contributed by atoms with Crippen LogP contribution >= 0.6 is 0 Å². The zero-order valence-electron chi connectivity index (χ0n) is 16.9. The van der Waals surface area contributed by atoms with Crippen molar-refractivity contribution in [3.05, 3.63) is 107 Å². The number of nitrogens with one attached hydrogen (secondary N) is 1. The molecule has 5 heteroatoms. The molecule has 0 aliphatic carbocycles. The zero-order chi connectivity index (χ0) is 21.3. The molecule has 0 bridgehead atoms. The average molecular weight is 398 g/mol. The van der Waals surface area contributed by atoms with Crippen molar-refractivity contribution in [2.45, 2.75) is 19.4 Å². The number of amides is 3. The number of hydrogen-bond donors (Lipinski definition) is 1. The first-order chi connectivity index (χ1) is 14.4. The molecule has 0 atom stereocenters. The van der Waals surface area contributed by atoms with Crippen molar-refractivity contribution in [2.24, 2.45) is 0 Å². The lowest BCUT2D eigenvalue weighted by Gasteiger charge is -2.28. The van der Waals surface area contributed by atoms with E-state index in [4.69, 9.17) is 0 Å². The van der Waals surface area contributed by atoms with Crippen LogP contribution in [-0.4, -0.2) is 29.2 Å². The van der Waals surface area contributed by atoms with Crippen LogP contribution in [0.2, 0.25) is 0 Å². The fraction of sp³-hybridized carbons (Fsp3) is 0.160. The quantitative estimate of drug-likeness (QED) is 0.522. The van der Waals surface area contributed by atoms with Gasteiger partial charge in [-0.25, -0.2) is 4.79 Å². The lowest BCUT2D eigenvalue weighted by Crippen LogP contribution is -2.45. The summed E-state index contributed by atoms with van der Waals surface area (Å²) in [5, 5.41) is 2.87. The normalized spacial score (nSPS) is 15.2. The molecule has 3 amide bonds. The highest BCUT2D eigenvalue weighted by Crippen LogP contribution is 2.36. The minimum Gasteiger partial charge on any atom is -0.315 e. The molecular weight excluding hydrogens is 376 g/mol. The summed E-state index contributed by atoms with van der Waals surface area (Å²) in [4.78, 5) is 40.5. The standard InChI is InChI=1S/C25H22N2O3/c1-17-13-14-18(2)21(15-17)22(28)16-27-23(29)25(26-24(27)30,19-9-5-3-6-10-19)20-11-7-4-8-12-20/h3-15H,16H2,1-2H3,(H,26,30). The number of rotatable bonds is 5. The second-order valence-corrected chi connectivity index (χ2v) is 7.55. The number of hydrogen-bond acceptors (Lipinski definition) is 3. The summed E-state index contributed by atoms with van der Waals surface area (Å²) < 4.78 is 0. The first-order valence-corrected chi connectivity index (χ1v) is 9.79. The second kappa shape index (κ2) is 7.59. The Morgan fingerprint density at radius 2 is 1.43 bits per heavy atom. The predicted molar refractivity (Wildman–Crippen MR) is 114 cm³/mol. The number of carbonyl (C=O) groups excluding carboxylic acids is 3. The van der Waals surface area contributed by atoms with Gasteiger partial charge < -0.3 is 5.32 Å². The highest BCUT2D eigenvalue weighted by molar-refractivity contribution is 6.13. The fourth-order valence-electron chi connectivity index (χ4n) is 3.92. The molecule has 3 aromatic carbocycles. The Labute approximate surface area is 175 Å². The molecule has 0 spiro atoms. The van der Waals surface area contributed by atoms with E-state index in [2.05, 4.69) is 5.32 Å². The highest BCUT2D eigenvalue weighted by atomic mass is 16.2. The van der Waals surface area contributed by atoms with Gasteiger partial charge in [-0.3, -0.25) is 14.5 Å². The maximum absolute atomic E-state index is 13.6. The summed E-state index contributed by atoms with van der Waals surface area (Å²) in [6.45, 7) is 3.44. The molecule has 1 saturated heterocycles. The molecule has 1 aliphatic heterocycles. The molecule has 0 aromatic heterocycles. The van der Waals surface area contributed by atoms with Gasteiger partial charge in [0.15, 0.2) is 11.3 Å². The SMILES string of the molecule is Cc1ccc(C)c(C(=O)CN2C(=O)NC(c3ccccc3)(c3ccccc3)C2=O)c1. The van der Waals surface area contributed by atoms with Gasteiger partial charge in [-0.05, 0) is 36.6 Å². The summed E-state index contributed by atoms with van der Waals surface area (Å²) in [5.74, 6) is -0.722. The minimum atomic E-state index is -1.36. The average Bonchev–Trinajstić information content (AvgIpc) is 3.02. The van der Waals surface area contributed by atoms with E-state index in [9.17, 15) is 14.4 Å².